The van der Waals surface area contributed by atoms with Crippen LogP contribution in [0.2, 0.25) is 0 Å². The molecule has 0 saturated heterocycles. The molecule has 0 atom stereocenters. The first-order chi connectivity index (χ1) is 3.77. The van der Waals surface area contributed by atoms with E-state index in [1.54, 1.807) is 0 Å². The third-order valence-electron chi connectivity index (χ3n) is 0.954. The smallest absolute Gasteiger partial charge is 0.145 e. The van der Waals surface area contributed by atoms with Crippen LogP contribution in [-0.2, 0) is 4.43 Å². The quantitative estimate of drug-likeness (QED) is 0.369. The highest BCUT2D eigenvalue weighted by Gasteiger charge is 1.86. The molecule has 0 aliphatic carbocycles. The van der Waals surface area contributed by atoms with Crippen molar-refractivity contribution >= 4 is 10.5 Å². The van der Waals surface area contributed by atoms with Gasteiger partial charge >= 0.3 is 0 Å². The Hall–Kier alpha value is 0.137. The molecule has 8 heavy (non-hydrogen) atoms. The van der Waals surface area contributed by atoms with Gasteiger partial charge in [-0.2, -0.15) is 0 Å². The second kappa shape index (κ2) is 5.28. The maximum Gasteiger partial charge on any atom is 0.145 e. The Morgan fingerprint density at radius 3 is 2.50 bits per heavy atom. The van der Waals surface area contributed by atoms with Crippen LogP contribution in [0.3, 0.4) is 0 Å². The number of hydrogen-bond donors (Lipinski definition) is 0. The fourth-order valence-electron chi connectivity index (χ4n) is 0.525. The Morgan fingerprint density at radius 2 is 2.12 bits per heavy atom. The lowest BCUT2D eigenvalue weighted by Crippen LogP contribution is -2.14. The summed E-state index contributed by atoms with van der Waals surface area (Å²) in [6, 6.07) is 0. The lowest BCUT2D eigenvalue weighted by Gasteiger charge is -2.07. The Labute approximate surface area is 54.4 Å². The molecule has 0 unspecified atom stereocenters. The molecule has 0 N–H and O–H groups in total. The van der Waals surface area contributed by atoms with Crippen molar-refractivity contribution in [2.45, 2.75) is 6.42 Å². The average Bonchev–Trinajstić information content (AvgIpc) is 1.66. The van der Waals surface area contributed by atoms with Gasteiger partial charge in [0.1, 0.15) is 10.5 Å². The van der Waals surface area contributed by atoms with Gasteiger partial charge in [-0.25, -0.2) is 0 Å². The van der Waals surface area contributed by atoms with Crippen LogP contribution in [0.15, 0.2) is 0 Å². The summed E-state index contributed by atoms with van der Waals surface area (Å²) in [7, 11) is 5.03. The Bertz CT molecular complexity index is 49.7. The molecule has 0 aliphatic heterocycles. The second-order valence-electron chi connectivity index (χ2n) is 2.15. The summed E-state index contributed by atoms with van der Waals surface area (Å²) in [5.74, 6) is 0. The molecule has 0 bridgehead atoms. The molecule has 0 fully saturated rings. The van der Waals surface area contributed by atoms with Crippen LogP contribution in [0, 0.1) is 0 Å². The van der Waals surface area contributed by atoms with E-state index in [4.69, 9.17) is 4.43 Å². The number of nitrogens with zero attached hydrogens (tertiary/aromatic N) is 1. The molecule has 0 radical (unpaired) electrons. The second-order valence-corrected chi connectivity index (χ2v) is 2.73. The van der Waals surface area contributed by atoms with Gasteiger partial charge in [0.25, 0.3) is 0 Å². The molecule has 0 aromatic carbocycles. The van der Waals surface area contributed by atoms with Gasteiger partial charge < -0.3 is 9.33 Å². The van der Waals surface area contributed by atoms with Gasteiger partial charge in [0.2, 0.25) is 0 Å². The summed E-state index contributed by atoms with van der Waals surface area (Å²) in [4.78, 5) is 2.17. The van der Waals surface area contributed by atoms with Crippen molar-refractivity contribution in [3.63, 3.8) is 0 Å². The fourth-order valence-corrected chi connectivity index (χ4v) is 0.814. The van der Waals surface area contributed by atoms with Gasteiger partial charge in [0, 0.05) is 6.61 Å². The third kappa shape index (κ3) is 6.14. The molecule has 50 valence electrons. The van der Waals surface area contributed by atoms with Gasteiger partial charge in [-0.05, 0) is 27.1 Å². The fraction of sp³-hybridized carbons (Fsp3) is 1.00. The topological polar surface area (TPSA) is 12.5 Å². The van der Waals surface area contributed by atoms with Gasteiger partial charge in [-0.1, -0.05) is 0 Å². The zero-order chi connectivity index (χ0) is 6.41. The predicted octanol–water partition coefficient (Wildman–Crippen LogP) is -0.765. The standard InChI is InChI=1S/C5H15NOSi/c1-6(2)4-3-5-7-8/h3-5H2,1-2,8H3. The summed E-state index contributed by atoms with van der Waals surface area (Å²) in [5, 5.41) is 0. The van der Waals surface area contributed by atoms with E-state index >= 15 is 0 Å². The van der Waals surface area contributed by atoms with Gasteiger partial charge in [-0.15, -0.1) is 0 Å². The average molecular weight is 133 g/mol. The first-order valence-corrected chi connectivity index (χ1v) is 3.72. The minimum Gasteiger partial charge on any atom is -0.428 e. The molecule has 0 amide bonds. The van der Waals surface area contributed by atoms with Crippen molar-refractivity contribution in [3.05, 3.63) is 0 Å². The third-order valence-corrected chi connectivity index (χ3v) is 1.36. The summed E-state index contributed by atoms with van der Waals surface area (Å²) < 4.78 is 5.00. The maximum absolute atomic E-state index is 5.00. The lowest BCUT2D eigenvalue weighted by atomic mass is 10.4. The normalized spacial score (nSPS) is 10.9. The Morgan fingerprint density at radius 1 is 1.50 bits per heavy atom. The molecule has 0 saturated carbocycles. The van der Waals surface area contributed by atoms with Crippen molar-refractivity contribution in [2.24, 2.45) is 0 Å². The van der Waals surface area contributed by atoms with Crippen molar-refractivity contribution in [2.75, 3.05) is 27.2 Å². The summed E-state index contributed by atoms with van der Waals surface area (Å²) in [6.45, 7) is 2.08. The number of hydrogen-bond acceptors (Lipinski definition) is 2. The van der Waals surface area contributed by atoms with E-state index in [1.165, 1.54) is 0 Å². The molecule has 0 aromatic heterocycles. The van der Waals surface area contributed by atoms with Crippen molar-refractivity contribution in [1.82, 2.24) is 4.90 Å². The van der Waals surface area contributed by atoms with Crippen LogP contribution >= 0.6 is 0 Å². The molecule has 0 heterocycles. The highest BCUT2D eigenvalue weighted by atomic mass is 28.2. The molecular weight excluding hydrogens is 118 g/mol. The summed E-state index contributed by atoms with van der Waals surface area (Å²) in [6.07, 6.45) is 1.16. The van der Waals surface area contributed by atoms with Crippen molar-refractivity contribution < 1.29 is 4.43 Å². The van der Waals surface area contributed by atoms with Crippen LogP contribution in [0.5, 0.6) is 0 Å². The molecule has 0 spiro atoms. The Kier molecular flexibility index (Phi) is 5.37. The monoisotopic (exact) mass is 133 g/mol. The van der Waals surface area contributed by atoms with E-state index < -0.39 is 0 Å². The minimum atomic E-state index is 0.881. The van der Waals surface area contributed by atoms with Crippen molar-refractivity contribution in [3.8, 4) is 0 Å². The summed E-state index contributed by atoms with van der Waals surface area (Å²) in [5.41, 5.74) is 0. The largest absolute Gasteiger partial charge is 0.428 e. The van der Waals surface area contributed by atoms with E-state index in [-0.39, 0.29) is 0 Å². The van der Waals surface area contributed by atoms with E-state index in [2.05, 4.69) is 19.0 Å². The Balaban J connectivity index is 2.72. The molecular formula is C5H15NOSi. The first-order valence-electron chi connectivity index (χ1n) is 2.91. The lowest BCUT2D eigenvalue weighted by molar-refractivity contribution is 0.301. The van der Waals surface area contributed by atoms with E-state index in [1.807, 2.05) is 0 Å². The molecule has 0 rings (SSSR count). The first kappa shape index (κ1) is 8.14. The van der Waals surface area contributed by atoms with Crippen LogP contribution in [0.25, 0.3) is 0 Å². The van der Waals surface area contributed by atoms with Gasteiger partial charge in [0.15, 0.2) is 0 Å². The summed E-state index contributed by atoms with van der Waals surface area (Å²) >= 11 is 0. The van der Waals surface area contributed by atoms with Crippen LogP contribution in [0.1, 0.15) is 6.42 Å². The maximum atomic E-state index is 5.00. The molecule has 3 heteroatoms. The highest BCUT2D eigenvalue weighted by Crippen LogP contribution is 1.81. The molecule has 0 aliphatic rings. The zero-order valence-electron chi connectivity index (χ0n) is 5.98. The highest BCUT2D eigenvalue weighted by molar-refractivity contribution is 5.97. The van der Waals surface area contributed by atoms with Gasteiger partial charge in [-0.3, -0.25) is 0 Å². The van der Waals surface area contributed by atoms with Crippen LogP contribution in [0.4, 0.5) is 0 Å². The molecule has 2 nitrogen and oxygen atoms in total. The SMILES string of the molecule is CN(C)CCCO[SiH3]. The van der Waals surface area contributed by atoms with E-state index in [9.17, 15) is 0 Å². The minimum absolute atomic E-state index is 0.881. The van der Waals surface area contributed by atoms with E-state index in [0.29, 0.717) is 0 Å². The predicted molar refractivity (Wildman–Crippen MR) is 39.1 cm³/mol. The molecule has 0 aromatic rings. The zero-order valence-corrected chi connectivity index (χ0v) is 7.98. The van der Waals surface area contributed by atoms with Crippen molar-refractivity contribution in [1.29, 1.82) is 0 Å². The van der Waals surface area contributed by atoms with Crippen LogP contribution < -0.4 is 0 Å². The van der Waals surface area contributed by atoms with Crippen LogP contribution in [-0.4, -0.2) is 42.6 Å². The van der Waals surface area contributed by atoms with E-state index in [0.717, 1.165) is 30.1 Å². The number of rotatable bonds is 4. The van der Waals surface area contributed by atoms with Gasteiger partial charge in [0.05, 0.1) is 0 Å².